The van der Waals surface area contributed by atoms with Crippen LogP contribution in [-0.4, -0.2) is 4.57 Å². The lowest BCUT2D eigenvalue weighted by atomic mass is 9.98. The molecule has 0 aliphatic carbocycles. The van der Waals surface area contributed by atoms with Gasteiger partial charge in [-0.2, -0.15) is 0 Å². The third-order valence-corrected chi connectivity index (χ3v) is 12.2. The van der Waals surface area contributed by atoms with Crippen molar-refractivity contribution in [3.8, 4) is 39.1 Å². The Bertz CT molecular complexity index is 3550. The highest BCUT2D eigenvalue weighted by Gasteiger charge is 2.18. The van der Waals surface area contributed by atoms with Crippen molar-refractivity contribution in [2.45, 2.75) is 0 Å². The average Bonchev–Trinajstić information content (AvgIpc) is 3.88. The van der Waals surface area contributed by atoms with Gasteiger partial charge >= 0.3 is 0 Å². The molecular weight excluding hydrogens is 741 g/mol. The van der Waals surface area contributed by atoms with Gasteiger partial charge < -0.3 is 13.9 Å². The molecule has 12 rings (SSSR count). The Balaban J connectivity index is 0.905. The van der Waals surface area contributed by atoms with Crippen LogP contribution in [0.1, 0.15) is 0 Å². The van der Waals surface area contributed by atoms with Crippen molar-refractivity contribution in [3.63, 3.8) is 0 Å². The molecule has 286 valence electrons. The largest absolute Gasteiger partial charge is 0.456 e. The number of rotatable bonds is 7. The summed E-state index contributed by atoms with van der Waals surface area (Å²) in [7, 11) is 0. The van der Waals surface area contributed by atoms with E-state index in [1.54, 1.807) is 0 Å². The normalized spacial score (nSPS) is 11.6. The topological polar surface area (TPSA) is 21.3 Å². The molecule has 3 nitrogen and oxygen atoms in total. The number of nitrogens with zero attached hydrogens (tertiary/aromatic N) is 2. The van der Waals surface area contributed by atoms with Crippen LogP contribution in [0.3, 0.4) is 0 Å². The first-order chi connectivity index (χ1) is 30.2. The molecular formula is C58H38N2O. The van der Waals surface area contributed by atoms with Crippen molar-refractivity contribution < 1.29 is 4.42 Å². The van der Waals surface area contributed by atoms with Crippen LogP contribution in [0.5, 0.6) is 0 Å². The summed E-state index contributed by atoms with van der Waals surface area (Å²) >= 11 is 0. The lowest BCUT2D eigenvalue weighted by Crippen LogP contribution is -2.09. The number of hydrogen-bond acceptors (Lipinski definition) is 2. The van der Waals surface area contributed by atoms with E-state index >= 15 is 0 Å². The van der Waals surface area contributed by atoms with Gasteiger partial charge in [0.2, 0.25) is 0 Å². The molecule has 2 aromatic heterocycles. The van der Waals surface area contributed by atoms with Gasteiger partial charge in [0.1, 0.15) is 11.2 Å². The van der Waals surface area contributed by atoms with Gasteiger partial charge in [-0.1, -0.05) is 152 Å². The first kappa shape index (κ1) is 34.9. The maximum absolute atomic E-state index is 6.41. The zero-order valence-electron chi connectivity index (χ0n) is 33.2. The molecule has 12 aromatic rings. The molecule has 0 aliphatic rings. The quantitative estimate of drug-likeness (QED) is 0.161. The van der Waals surface area contributed by atoms with Gasteiger partial charge in [-0.3, -0.25) is 0 Å². The van der Waals surface area contributed by atoms with Crippen molar-refractivity contribution in [1.82, 2.24) is 4.57 Å². The first-order valence-electron chi connectivity index (χ1n) is 20.8. The zero-order valence-corrected chi connectivity index (χ0v) is 33.2. The van der Waals surface area contributed by atoms with Gasteiger partial charge in [0.25, 0.3) is 0 Å². The van der Waals surface area contributed by atoms with E-state index in [9.17, 15) is 0 Å². The summed E-state index contributed by atoms with van der Waals surface area (Å²) in [4.78, 5) is 2.34. The molecule has 0 atom stereocenters. The van der Waals surface area contributed by atoms with Gasteiger partial charge in [0.15, 0.2) is 0 Å². The third kappa shape index (κ3) is 5.98. The number of fused-ring (bicyclic) bond motifs is 8. The van der Waals surface area contributed by atoms with Crippen LogP contribution >= 0.6 is 0 Å². The summed E-state index contributed by atoms with van der Waals surface area (Å²) in [5, 5.41) is 7.16. The van der Waals surface area contributed by atoms with Crippen LogP contribution in [0, 0.1) is 0 Å². The number of anilines is 3. The van der Waals surface area contributed by atoms with Gasteiger partial charge in [-0.25, -0.2) is 0 Å². The molecule has 10 aromatic carbocycles. The standard InChI is InChI=1S/C58H38N2O/c1-3-11-39(12-4-1)41-23-29-47(30-24-41)59(49-33-36-56-53(38-49)58-50-16-8-7-13-44(50)28-35-57(58)61-56)48-31-25-42(26-32-48)40-19-21-43(22-20-40)45-27-34-55-52(37-45)51-17-9-10-18-54(51)60(55)46-14-5-2-6-15-46/h1-38H. The highest BCUT2D eigenvalue weighted by atomic mass is 16.3. The van der Waals surface area contributed by atoms with E-state index in [0.717, 1.165) is 39.0 Å². The minimum atomic E-state index is 0.882. The Morgan fingerprint density at radius 3 is 1.52 bits per heavy atom. The van der Waals surface area contributed by atoms with Crippen molar-refractivity contribution >= 4 is 71.6 Å². The molecule has 0 radical (unpaired) electrons. The number of furan rings is 1. The molecule has 3 heteroatoms. The van der Waals surface area contributed by atoms with Crippen LogP contribution in [-0.2, 0) is 0 Å². The second-order valence-electron chi connectivity index (χ2n) is 15.7. The summed E-state index contributed by atoms with van der Waals surface area (Å²) in [6, 6.07) is 82.8. The van der Waals surface area contributed by atoms with Crippen molar-refractivity contribution in [2.24, 2.45) is 0 Å². The fourth-order valence-electron chi connectivity index (χ4n) is 9.22. The molecule has 0 N–H and O–H groups in total. The minimum Gasteiger partial charge on any atom is -0.456 e. The predicted molar refractivity (Wildman–Crippen MR) is 257 cm³/mol. The van der Waals surface area contributed by atoms with Crippen LogP contribution < -0.4 is 4.90 Å². The Morgan fingerprint density at radius 2 is 0.820 bits per heavy atom. The zero-order chi connectivity index (χ0) is 40.3. The smallest absolute Gasteiger partial charge is 0.136 e. The summed E-state index contributed by atoms with van der Waals surface area (Å²) < 4.78 is 8.77. The van der Waals surface area contributed by atoms with Gasteiger partial charge in [0.05, 0.1) is 11.0 Å². The van der Waals surface area contributed by atoms with Crippen molar-refractivity contribution in [2.75, 3.05) is 4.90 Å². The molecule has 0 saturated carbocycles. The first-order valence-corrected chi connectivity index (χ1v) is 20.8. The van der Waals surface area contributed by atoms with Crippen LogP contribution in [0.25, 0.3) is 93.6 Å². The van der Waals surface area contributed by atoms with E-state index in [1.807, 2.05) is 0 Å². The van der Waals surface area contributed by atoms with E-state index < -0.39 is 0 Å². The minimum absolute atomic E-state index is 0.882. The van der Waals surface area contributed by atoms with Crippen LogP contribution in [0.4, 0.5) is 17.1 Å². The van der Waals surface area contributed by atoms with E-state index in [-0.39, 0.29) is 0 Å². The number of benzene rings is 10. The van der Waals surface area contributed by atoms with E-state index in [1.165, 1.54) is 71.6 Å². The number of para-hydroxylation sites is 2. The van der Waals surface area contributed by atoms with Gasteiger partial charge in [0, 0.05) is 44.3 Å². The SMILES string of the molecule is c1ccc(-c2ccc(N(c3ccc(-c4ccc(-c5ccc6c(c5)c5ccccc5n6-c5ccccc5)cc4)cc3)c3ccc4oc5ccc6ccccc6c5c4c3)cc2)cc1. The van der Waals surface area contributed by atoms with Gasteiger partial charge in [-0.15, -0.1) is 0 Å². The fourth-order valence-corrected chi connectivity index (χ4v) is 9.22. The van der Waals surface area contributed by atoms with Crippen LogP contribution in [0.15, 0.2) is 235 Å². The lowest BCUT2D eigenvalue weighted by molar-refractivity contribution is 0.669. The monoisotopic (exact) mass is 778 g/mol. The summed E-state index contributed by atoms with van der Waals surface area (Å²) in [6.45, 7) is 0. The Kier molecular flexibility index (Phi) is 8.17. The summed E-state index contributed by atoms with van der Waals surface area (Å²) in [5.41, 5.74) is 15.7. The molecule has 2 heterocycles. The van der Waals surface area contributed by atoms with Crippen LogP contribution in [0.2, 0.25) is 0 Å². The van der Waals surface area contributed by atoms with E-state index in [0.29, 0.717) is 0 Å². The Hall–Kier alpha value is -8.14. The van der Waals surface area contributed by atoms with E-state index in [2.05, 4.69) is 240 Å². The van der Waals surface area contributed by atoms with Crippen molar-refractivity contribution in [1.29, 1.82) is 0 Å². The average molecular weight is 779 g/mol. The second-order valence-corrected chi connectivity index (χ2v) is 15.7. The molecule has 0 saturated heterocycles. The highest BCUT2D eigenvalue weighted by molar-refractivity contribution is 6.19. The number of aromatic nitrogens is 1. The Labute approximate surface area is 353 Å². The maximum Gasteiger partial charge on any atom is 0.136 e. The third-order valence-electron chi connectivity index (χ3n) is 12.2. The summed E-state index contributed by atoms with van der Waals surface area (Å²) in [5.74, 6) is 0. The number of hydrogen-bond donors (Lipinski definition) is 0. The second kappa shape index (κ2) is 14.3. The molecule has 61 heavy (non-hydrogen) atoms. The lowest BCUT2D eigenvalue weighted by Gasteiger charge is -2.26. The Morgan fingerprint density at radius 1 is 0.311 bits per heavy atom. The molecule has 0 spiro atoms. The molecule has 0 amide bonds. The van der Waals surface area contributed by atoms with Crippen molar-refractivity contribution in [3.05, 3.63) is 231 Å². The molecule has 0 bridgehead atoms. The molecule has 0 aliphatic heterocycles. The summed E-state index contributed by atoms with van der Waals surface area (Å²) in [6.07, 6.45) is 0. The van der Waals surface area contributed by atoms with E-state index in [4.69, 9.17) is 4.42 Å². The maximum atomic E-state index is 6.41. The molecule has 0 unspecified atom stereocenters. The highest BCUT2D eigenvalue weighted by Crippen LogP contribution is 2.42. The predicted octanol–water partition coefficient (Wildman–Crippen LogP) is 16.3. The van der Waals surface area contributed by atoms with Gasteiger partial charge in [-0.05, 0) is 123 Å². The molecule has 0 fully saturated rings. The fraction of sp³-hybridized carbons (Fsp3) is 0.